The summed E-state index contributed by atoms with van der Waals surface area (Å²) < 4.78 is 17.0. The number of carbonyl (C=O) groups is 3. The lowest BCUT2D eigenvalue weighted by Gasteiger charge is -2.18. The van der Waals surface area contributed by atoms with Crippen LogP contribution in [-0.4, -0.2) is 37.2 Å². The molecule has 0 fully saturated rings. The molecule has 82 heavy (non-hydrogen) atoms. The van der Waals surface area contributed by atoms with Crippen LogP contribution >= 0.6 is 0 Å². The van der Waals surface area contributed by atoms with E-state index in [-0.39, 0.29) is 31.1 Å². The number of esters is 3. The molecule has 0 rings (SSSR count). The van der Waals surface area contributed by atoms with E-state index in [9.17, 15) is 14.4 Å². The van der Waals surface area contributed by atoms with Gasteiger partial charge in [0.15, 0.2) is 6.10 Å². The molecule has 0 heterocycles. The molecule has 0 aromatic carbocycles. The molecule has 1 unspecified atom stereocenters. The highest BCUT2D eigenvalue weighted by molar-refractivity contribution is 5.71. The van der Waals surface area contributed by atoms with Gasteiger partial charge in [0.25, 0.3) is 0 Å². The van der Waals surface area contributed by atoms with Gasteiger partial charge in [0, 0.05) is 19.3 Å². The molecule has 0 amide bonds. The summed E-state index contributed by atoms with van der Waals surface area (Å²) in [5.74, 6) is -0.911. The van der Waals surface area contributed by atoms with Gasteiger partial charge in [-0.25, -0.2) is 0 Å². The third-order valence-electron chi connectivity index (χ3n) is 15.3. The first-order valence-corrected chi connectivity index (χ1v) is 35.2. The van der Waals surface area contributed by atoms with Crippen LogP contribution in [0.15, 0.2) is 97.2 Å². The Balaban J connectivity index is 4.30. The normalized spacial score (nSPS) is 12.7. The predicted molar refractivity (Wildman–Crippen MR) is 357 cm³/mol. The number of allylic oxidation sites excluding steroid dienone is 16. The smallest absolute Gasteiger partial charge is 0.306 e. The average molecular weight is 1140 g/mol. The van der Waals surface area contributed by atoms with Gasteiger partial charge >= 0.3 is 17.9 Å². The van der Waals surface area contributed by atoms with Crippen molar-refractivity contribution >= 4 is 17.9 Å². The highest BCUT2D eigenvalue weighted by atomic mass is 16.6. The minimum atomic E-state index is -0.797. The van der Waals surface area contributed by atoms with Gasteiger partial charge < -0.3 is 14.2 Å². The van der Waals surface area contributed by atoms with E-state index in [2.05, 4.69) is 118 Å². The number of hydrogen-bond donors (Lipinski definition) is 0. The molecular weight excluding hydrogens is 1010 g/mol. The van der Waals surface area contributed by atoms with Crippen molar-refractivity contribution in [2.75, 3.05) is 13.2 Å². The van der Waals surface area contributed by atoms with Crippen molar-refractivity contribution in [3.63, 3.8) is 0 Å². The maximum atomic E-state index is 12.9. The maximum absolute atomic E-state index is 12.9. The van der Waals surface area contributed by atoms with Crippen molar-refractivity contribution in [2.24, 2.45) is 0 Å². The summed E-state index contributed by atoms with van der Waals surface area (Å²) in [6.45, 7) is 6.43. The lowest BCUT2D eigenvalue weighted by molar-refractivity contribution is -0.167. The SMILES string of the molecule is CC/C=C\C/C=C\C/C=C\C/C=C\C/C=C\CCCCCCCC(=O)OC(COC(=O)CCCCCCC/C=C\C/C=C\C/C=C\CC)COC(=O)CCCCCCCCCCCCCCCCCCCCCCCCCCCCCC. The van der Waals surface area contributed by atoms with Crippen LogP contribution in [-0.2, 0) is 28.6 Å². The van der Waals surface area contributed by atoms with Crippen LogP contribution < -0.4 is 0 Å². The van der Waals surface area contributed by atoms with Gasteiger partial charge in [0.2, 0.25) is 0 Å². The highest BCUT2D eigenvalue weighted by Crippen LogP contribution is 2.18. The third kappa shape index (κ3) is 67.1. The predicted octanol–water partition coefficient (Wildman–Crippen LogP) is 24.4. The lowest BCUT2D eigenvalue weighted by atomic mass is 10.0. The highest BCUT2D eigenvalue weighted by Gasteiger charge is 2.19. The summed E-state index contributed by atoms with van der Waals surface area (Å²) in [5, 5.41) is 0. The van der Waals surface area contributed by atoms with Crippen molar-refractivity contribution in [2.45, 2.75) is 354 Å². The molecule has 0 spiro atoms. The van der Waals surface area contributed by atoms with Crippen molar-refractivity contribution < 1.29 is 28.6 Å². The summed E-state index contributed by atoms with van der Waals surface area (Å²) >= 11 is 0. The topological polar surface area (TPSA) is 78.9 Å². The molecular formula is C76H132O6. The first-order chi connectivity index (χ1) is 40.5. The van der Waals surface area contributed by atoms with E-state index >= 15 is 0 Å². The molecule has 1 atom stereocenters. The monoisotopic (exact) mass is 1140 g/mol. The molecule has 0 aromatic heterocycles. The van der Waals surface area contributed by atoms with Crippen LogP contribution in [0.2, 0.25) is 0 Å². The van der Waals surface area contributed by atoms with Crippen LogP contribution in [0, 0.1) is 0 Å². The number of carbonyl (C=O) groups excluding carboxylic acids is 3. The van der Waals surface area contributed by atoms with Gasteiger partial charge in [-0.3, -0.25) is 14.4 Å². The van der Waals surface area contributed by atoms with Crippen molar-refractivity contribution in [1.82, 2.24) is 0 Å². The Hall–Kier alpha value is -3.67. The first-order valence-electron chi connectivity index (χ1n) is 35.2. The van der Waals surface area contributed by atoms with E-state index < -0.39 is 6.10 Å². The van der Waals surface area contributed by atoms with E-state index in [1.54, 1.807) is 0 Å². The summed E-state index contributed by atoms with van der Waals surface area (Å²) in [6, 6.07) is 0. The molecule has 6 heteroatoms. The molecule has 0 aliphatic carbocycles. The Bertz CT molecular complexity index is 1590. The van der Waals surface area contributed by atoms with Gasteiger partial charge in [-0.1, -0.05) is 330 Å². The molecule has 0 bridgehead atoms. The molecule has 0 aromatic rings. The quantitative estimate of drug-likeness (QED) is 0.0261. The summed E-state index contributed by atoms with van der Waals surface area (Å²) in [6.07, 6.45) is 94.4. The van der Waals surface area contributed by atoms with Crippen LogP contribution in [0.3, 0.4) is 0 Å². The van der Waals surface area contributed by atoms with Gasteiger partial charge in [0.05, 0.1) is 0 Å². The van der Waals surface area contributed by atoms with E-state index in [0.717, 1.165) is 148 Å². The first kappa shape index (κ1) is 78.3. The fourth-order valence-corrected chi connectivity index (χ4v) is 10.1. The van der Waals surface area contributed by atoms with E-state index in [0.29, 0.717) is 19.3 Å². The summed E-state index contributed by atoms with van der Waals surface area (Å²) in [4.78, 5) is 38.4. The fourth-order valence-electron chi connectivity index (χ4n) is 10.1. The second-order valence-corrected chi connectivity index (χ2v) is 23.4. The van der Waals surface area contributed by atoms with Crippen LogP contribution in [0.4, 0.5) is 0 Å². The third-order valence-corrected chi connectivity index (χ3v) is 15.3. The lowest BCUT2D eigenvalue weighted by Crippen LogP contribution is -2.30. The average Bonchev–Trinajstić information content (AvgIpc) is 3.47. The van der Waals surface area contributed by atoms with Gasteiger partial charge in [-0.15, -0.1) is 0 Å². The molecule has 0 aliphatic rings. The Morgan fingerprint density at radius 2 is 0.476 bits per heavy atom. The molecule has 0 N–H and O–H groups in total. The summed E-state index contributed by atoms with van der Waals surface area (Å²) in [5.41, 5.74) is 0. The molecule has 6 nitrogen and oxygen atoms in total. The standard InChI is InChI=1S/C76H132O6/c1-4-7-10-13-16-19-22-25-28-30-32-34-35-36-37-38-39-40-42-43-45-48-51-54-57-60-63-66-69-75(78)81-72-73(71-80-74(77)68-65-62-59-56-53-50-47-27-24-21-18-15-12-9-6-3)82-76(79)70-67-64-61-58-55-52-49-46-44-41-33-31-29-26-23-20-17-14-11-8-5-2/h8-9,11-12,17-18,20-21,26-27,29,33,41,46-47,49,73H,4-7,10,13-16,19,22-25,28,30-32,34-40,42-45,48,50-72H2,1-3H3/b11-8-,12-9-,20-17-,21-18-,29-26-,41-33-,47-27-,49-46-. The second-order valence-electron chi connectivity index (χ2n) is 23.4. The van der Waals surface area contributed by atoms with Crippen LogP contribution in [0.1, 0.15) is 348 Å². The Morgan fingerprint density at radius 3 is 0.744 bits per heavy atom. The number of rotatable bonds is 64. The minimum Gasteiger partial charge on any atom is -0.462 e. The Kier molecular flexibility index (Phi) is 66.7. The van der Waals surface area contributed by atoms with Gasteiger partial charge in [0.1, 0.15) is 13.2 Å². The number of ether oxygens (including phenoxy) is 3. The molecule has 0 saturated carbocycles. The number of unbranched alkanes of at least 4 members (excludes halogenated alkanes) is 37. The van der Waals surface area contributed by atoms with Crippen molar-refractivity contribution in [3.8, 4) is 0 Å². The zero-order valence-electron chi connectivity index (χ0n) is 54.2. The molecule has 0 aliphatic heterocycles. The maximum Gasteiger partial charge on any atom is 0.306 e. The van der Waals surface area contributed by atoms with Crippen LogP contribution in [0.25, 0.3) is 0 Å². The van der Waals surface area contributed by atoms with Gasteiger partial charge in [-0.05, 0) is 96.3 Å². The van der Waals surface area contributed by atoms with Crippen molar-refractivity contribution in [3.05, 3.63) is 97.2 Å². The molecule has 0 radical (unpaired) electrons. The Labute approximate surface area is 508 Å². The molecule has 472 valence electrons. The molecule has 0 saturated heterocycles. The summed E-state index contributed by atoms with van der Waals surface area (Å²) in [7, 11) is 0. The van der Waals surface area contributed by atoms with E-state index in [1.807, 2.05) is 0 Å². The Morgan fingerprint density at radius 1 is 0.256 bits per heavy atom. The largest absolute Gasteiger partial charge is 0.462 e. The zero-order valence-corrected chi connectivity index (χ0v) is 54.2. The fraction of sp³-hybridized carbons (Fsp3) is 0.750. The van der Waals surface area contributed by atoms with E-state index in [4.69, 9.17) is 14.2 Å². The van der Waals surface area contributed by atoms with Gasteiger partial charge in [-0.2, -0.15) is 0 Å². The van der Waals surface area contributed by atoms with Crippen LogP contribution in [0.5, 0.6) is 0 Å². The zero-order chi connectivity index (χ0) is 59.2. The minimum absolute atomic E-state index is 0.0891. The second kappa shape index (κ2) is 69.8. The van der Waals surface area contributed by atoms with E-state index in [1.165, 1.54) is 161 Å². The van der Waals surface area contributed by atoms with Crippen molar-refractivity contribution in [1.29, 1.82) is 0 Å². The number of hydrogen-bond acceptors (Lipinski definition) is 6.